The highest BCUT2D eigenvalue weighted by Gasteiger charge is 2.30. The van der Waals surface area contributed by atoms with Crippen LogP contribution in [0.4, 0.5) is 5.69 Å². The molecule has 7 nitrogen and oxygen atoms in total. The Balaban J connectivity index is 1.25. The molecule has 0 aromatic heterocycles. The highest BCUT2D eigenvalue weighted by atomic mass is 35.5. The van der Waals surface area contributed by atoms with E-state index in [0.717, 1.165) is 30.5 Å². The van der Waals surface area contributed by atoms with Gasteiger partial charge in [-0.2, -0.15) is 0 Å². The number of nitrogens with one attached hydrogen (secondary N) is 1. The third-order valence-corrected chi connectivity index (χ3v) is 6.87. The van der Waals surface area contributed by atoms with Crippen LogP contribution in [-0.4, -0.2) is 42.3 Å². The zero-order chi connectivity index (χ0) is 26.5. The summed E-state index contributed by atoms with van der Waals surface area (Å²) >= 11 is 6.02. The Bertz CT molecular complexity index is 1370. The van der Waals surface area contributed by atoms with Gasteiger partial charge in [0.25, 0.3) is 11.8 Å². The number of anilines is 1. The summed E-state index contributed by atoms with van der Waals surface area (Å²) in [6, 6.07) is 21.8. The third kappa shape index (κ3) is 5.89. The summed E-state index contributed by atoms with van der Waals surface area (Å²) in [5.41, 5.74) is 2.91. The lowest BCUT2D eigenvalue weighted by Crippen LogP contribution is -2.36. The summed E-state index contributed by atoms with van der Waals surface area (Å²) in [5, 5.41) is 3.54. The lowest BCUT2D eigenvalue weighted by atomic mass is 10.1. The molecule has 3 amide bonds. The lowest BCUT2D eigenvalue weighted by molar-refractivity contribution is -0.127. The first-order valence-electron chi connectivity index (χ1n) is 12.7. The van der Waals surface area contributed by atoms with Crippen LogP contribution in [0.5, 0.6) is 5.75 Å². The van der Waals surface area contributed by atoms with Crippen LogP contribution in [0.15, 0.2) is 78.6 Å². The minimum absolute atomic E-state index is 0.176. The van der Waals surface area contributed by atoms with Crippen molar-refractivity contribution in [2.45, 2.75) is 25.8 Å². The van der Waals surface area contributed by atoms with Gasteiger partial charge in [0.05, 0.1) is 12.2 Å². The molecule has 1 saturated heterocycles. The predicted octanol–water partition coefficient (Wildman–Crippen LogP) is 5.05. The maximum Gasteiger partial charge on any atom is 0.294 e. The molecule has 0 aliphatic carbocycles. The van der Waals surface area contributed by atoms with Crippen LogP contribution in [-0.2, 0) is 16.1 Å². The zero-order valence-electron chi connectivity index (χ0n) is 20.9. The Morgan fingerprint density at radius 3 is 2.50 bits per heavy atom. The molecule has 2 aliphatic rings. The van der Waals surface area contributed by atoms with Crippen molar-refractivity contribution in [2.24, 2.45) is 0 Å². The van der Waals surface area contributed by atoms with Gasteiger partial charge < -0.3 is 15.0 Å². The summed E-state index contributed by atoms with van der Waals surface area (Å²) < 4.78 is 5.97. The number of carbonyl (C=O) groups excluding carboxylic acids is 3. The van der Waals surface area contributed by atoms with Gasteiger partial charge in [-0.25, -0.2) is 0 Å². The molecule has 0 spiro atoms. The van der Waals surface area contributed by atoms with Crippen molar-refractivity contribution < 1.29 is 19.1 Å². The standard InChI is InChI=1S/C30H28ClN3O4/c31-24-14-10-22(11-15-24)20-34-25-5-1-2-6-26(25)38-27(30(34)37)19-21-8-12-23(13-9-21)29(36)32-16-4-18-33-17-3-7-28(33)35/h1-2,5-6,8-15,19H,3-4,7,16-18,20H2,(H,32,36)/b27-19-. The van der Waals surface area contributed by atoms with Crippen LogP contribution in [0.25, 0.3) is 6.08 Å². The largest absolute Gasteiger partial charge is 0.449 e. The molecule has 0 bridgehead atoms. The van der Waals surface area contributed by atoms with E-state index in [0.29, 0.717) is 48.1 Å². The van der Waals surface area contributed by atoms with E-state index in [4.69, 9.17) is 16.3 Å². The summed E-state index contributed by atoms with van der Waals surface area (Å²) in [4.78, 5) is 41.2. The van der Waals surface area contributed by atoms with Crippen molar-refractivity contribution >= 4 is 41.1 Å². The fourth-order valence-electron chi connectivity index (χ4n) is 4.59. The molecule has 0 atom stereocenters. The quantitative estimate of drug-likeness (QED) is 0.327. The van der Waals surface area contributed by atoms with E-state index in [1.54, 1.807) is 47.4 Å². The van der Waals surface area contributed by atoms with Crippen LogP contribution in [0.2, 0.25) is 5.02 Å². The molecule has 5 rings (SSSR count). The molecule has 3 aromatic rings. The van der Waals surface area contributed by atoms with Gasteiger partial charge in [-0.1, -0.05) is 48.0 Å². The fourth-order valence-corrected chi connectivity index (χ4v) is 4.71. The van der Waals surface area contributed by atoms with Crippen molar-refractivity contribution in [3.63, 3.8) is 0 Å². The topological polar surface area (TPSA) is 79.0 Å². The maximum atomic E-state index is 13.4. The molecule has 2 aliphatic heterocycles. The average Bonchev–Trinajstić information content (AvgIpc) is 3.34. The summed E-state index contributed by atoms with van der Waals surface area (Å²) in [5.74, 6) is 0.560. The summed E-state index contributed by atoms with van der Waals surface area (Å²) in [6.07, 6.45) is 3.94. The predicted molar refractivity (Wildman–Crippen MR) is 147 cm³/mol. The first kappa shape index (κ1) is 25.5. The number of likely N-dealkylation sites (tertiary alicyclic amines) is 1. The number of rotatable bonds is 8. The molecule has 3 aromatic carbocycles. The monoisotopic (exact) mass is 529 g/mol. The van der Waals surface area contributed by atoms with Crippen molar-refractivity contribution in [3.8, 4) is 5.75 Å². The van der Waals surface area contributed by atoms with E-state index in [2.05, 4.69) is 5.32 Å². The number of ether oxygens (including phenoxy) is 1. The number of fused-ring (bicyclic) bond motifs is 1. The van der Waals surface area contributed by atoms with Crippen LogP contribution in [0.3, 0.4) is 0 Å². The molecule has 0 radical (unpaired) electrons. The Kier molecular flexibility index (Phi) is 7.75. The van der Waals surface area contributed by atoms with Gasteiger partial charge in [-0.05, 0) is 66.4 Å². The molecule has 0 saturated carbocycles. The Hall–Kier alpha value is -4.10. The van der Waals surface area contributed by atoms with Crippen LogP contribution < -0.4 is 15.0 Å². The second-order valence-electron chi connectivity index (χ2n) is 9.31. The number of benzene rings is 3. The normalized spacial score (nSPS) is 16.0. The van der Waals surface area contributed by atoms with Gasteiger partial charge in [0.15, 0.2) is 11.5 Å². The van der Waals surface area contributed by atoms with Crippen LogP contribution in [0, 0.1) is 0 Å². The van der Waals surface area contributed by atoms with E-state index in [1.165, 1.54) is 0 Å². The summed E-state index contributed by atoms with van der Waals surface area (Å²) in [6.45, 7) is 2.34. The average molecular weight is 530 g/mol. The van der Waals surface area contributed by atoms with Gasteiger partial charge in [-0.15, -0.1) is 0 Å². The molecule has 2 heterocycles. The summed E-state index contributed by atoms with van der Waals surface area (Å²) in [7, 11) is 0. The minimum atomic E-state index is -0.253. The molecule has 38 heavy (non-hydrogen) atoms. The zero-order valence-corrected chi connectivity index (χ0v) is 21.6. The maximum absolute atomic E-state index is 13.4. The highest BCUT2D eigenvalue weighted by molar-refractivity contribution is 6.30. The van der Waals surface area contributed by atoms with Gasteiger partial charge in [0.2, 0.25) is 5.91 Å². The van der Waals surface area contributed by atoms with Crippen molar-refractivity contribution in [1.82, 2.24) is 10.2 Å². The smallest absolute Gasteiger partial charge is 0.294 e. The van der Waals surface area contributed by atoms with Gasteiger partial charge in [0.1, 0.15) is 0 Å². The number of nitrogens with zero attached hydrogens (tertiary/aromatic N) is 2. The Morgan fingerprint density at radius 2 is 1.76 bits per heavy atom. The minimum Gasteiger partial charge on any atom is -0.449 e. The molecular formula is C30H28ClN3O4. The Labute approximate surface area is 226 Å². The van der Waals surface area contributed by atoms with Crippen molar-refractivity contribution in [1.29, 1.82) is 0 Å². The van der Waals surface area contributed by atoms with E-state index in [9.17, 15) is 14.4 Å². The molecule has 1 fully saturated rings. The highest BCUT2D eigenvalue weighted by Crippen LogP contribution is 2.36. The molecular weight excluding hydrogens is 502 g/mol. The fraction of sp³-hybridized carbons (Fsp3) is 0.233. The van der Waals surface area contributed by atoms with E-state index >= 15 is 0 Å². The molecule has 0 unspecified atom stereocenters. The number of hydrogen-bond acceptors (Lipinski definition) is 4. The van der Waals surface area contributed by atoms with Gasteiger partial charge in [0, 0.05) is 36.6 Å². The molecule has 194 valence electrons. The SMILES string of the molecule is O=C(NCCCN1CCCC1=O)c1ccc(/C=C2\Oc3ccccc3N(Cc3ccc(Cl)cc3)C2=O)cc1. The van der Waals surface area contributed by atoms with Crippen LogP contribution >= 0.6 is 11.6 Å². The first-order valence-corrected chi connectivity index (χ1v) is 13.1. The molecule has 8 heteroatoms. The number of amides is 3. The molecule has 1 N–H and O–H groups in total. The number of hydrogen-bond donors (Lipinski definition) is 1. The van der Waals surface area contributed by atoms with Gasteiger partial charge in [-0.3, -0.25) is 19.3 Å². The second-order valence-corrected chi connectivity index (χ2v) is 9.75. The number of para-hydroxylation sites is 2. The number of carbonyl (C=O) groups is 3. The second kappa shape index (κ2) is 11.5. The van der Waals surface area contributed by atoms with E-state index < -0.39 is 0 Å². The van der Waals surface area contributed by atoms with E-state index in [1.807, 2.05) is 41.3 Å². The lowest BCUT2D eigenvalue weighted by Gasteiger charge is -2.30. The van der Waals surface area contributed by atoms with Crippen molar-refractivity contribution in [3.05, 3.63) is 100 Å². The number of halogens is 1. The van der Waals surface area contributed by atoms with Crippen LogP contribution in [0.1, 0.15) is 40.7 Å². The van der Waals surface area contributed by atoms with Gasteiger partial charge >= 0.3 is 0 Å². The third-order valence-electron chi connectivity index (χ3n) is 6.62. The first-order chi connectivity index (χ1) is 18.5. The Morgan fingerprint density at radius 1 is 1.00 bits per heavy atom. The van der Waals surface area contributed by atoms with E-state index in [-0.39, 0.29) is 23.5 Å². The van der Waals surface area contributed by atoms with Crippen molar-refractivity contribution in [2.75, 3.05) is 24.5 Å².